The monoisotopic (exact) mass is 250 g/mol. The number of hydrogen-bond acceptors (Lipinski definition) is 4. The molecule has 0 aliphatic carbocycles. The van der Waals surface area contributed by atoms with Gasteiger partial charge in [-0.2, -0.15) is 0 Å². The molecule has 2 N–H and O–H groups in total. The van der Waals surface area contributed by atoms with Crippen LogP contribution in [0.3, 0.4) is 0 Å². The molecule has 0 bridgehead atoms. The molecule has 0 aromatic heterocycles. The smallest absolute Gasteiger partial charge is 0.123 e. The molecule has 1 aliphatic heterocycles. The number of anilines is 2. The molecule has 0 atom stereocenters. The molecule has 18 heavy (non-hydrogen) atoms. The second kappa shape index (κ2) is 5.96. The summed E-state index contributed by atoms with van der Waals surface area (Å²) in [5.74, 6) is 0.839. The minimum atomic E-state index is 0.523. The van der Waals surface area contributed by atoms with E-state index in [9.17, 15) is 0 Å². The fraction of sp³-hybridized carbons (Fsp3) is 0.571. The maximum Gasteiger partial charge on any atom is 0.123 e. The highest BCUT2D eigenvalue weighted by Crippen LogP contribution is 2.28. The molecule has 0 spiro atoms. The lowest BCUT2D eigenvalue weighted by atomic mass is 10.1. The van der Waals surface area contributed by atoms with Crippen molar-refractivity contribution < 1.29 is 9.47 Å². The van der Waals surface area contributed by atoms with Crippen LogP contribution in [-0.4, -0.2) is 32.9 Å². The van der Waals surface area contributed by atoms with Gasteiger partial charge in [-0.05, 0) is 25.8 Å². The molecular formula is C14H22N2O2. The van der Waals surface area contributed by atoms with Crippen molar-refractivity contribution >= 4 is 11.4 Å². The SMILES string of the molecule is CCOc1cc(N)cc(N(C)C2CCOCC2)c1. The molecule has 100 valence electrons. The van der Waals surface area contributed by atoms with Crippen LogP contribution in [-0.2, 0) is 4.74 Å². The Morgan fingerprint density at radius 3 is 2.72 bits per heavy atom. The fourth-order valence-electron chi connectivity index (χ4n) is 2.34. The molecule has 2 rings (SSSR count). The molecule has 4 nitrogen and oxygen atoms in total. The van der Waals surface area contributed by atoms with E-state index in [0.29, 0.717) is 12.6 Å². The molecule has 0 unspecified atom stereocenters. The van der Waals surface area contributed by atoms with Crippen LogP contribution in [0.5, 0.6) is 5.75 Å². The third-order valence-electron chi connectivity index (χ3n) is 3.37. The number of nitrogens with zero attached hydrogens (tertiary/aromatic N) is 1. The van der Waals surface area contributed by atoms with E-state index in [1.807, 2.05) is 19.1 Å². The van der Waals surface area contributed by atoms with Crippen molar-refractivity contribution in [3.63, 3.8) is 0 Å². The van der Waals surface area contributed by atoms with Gasteiger partial charge in [-0.25, -0.2) is 0 Å². The second-order valence-electron chi connectivity index (χ2n) is 4.65. The maximum absolute atomic E-state index is 5.93. The highest BCUT2D eigenvalue weighted by Gasteiger charge is 2.19. The molecule has 1 aliphatic rings. The molecule has 4 heteroatoms. The number of rotatable bonds is 4. The summed E-state index contributed by atoms with van der Waals surface area (Å²) in [6.07, 6.45) is 2.13. The van der Waals surface area contributed by atoms with Crippen molar-refractivity contribution in [1.82, 2.24) is 0 Å². The molecule has 0 saturated carbocycles. The van der Waals surface area contributed by atoms with Crippen LogP contribution in [0.1, 0.15) is 19.8 Å². The normalized spacial score (nSPS) is 16.6. The van der Waals surface area contributed by atoms with Crippen molar-refractivity contribution in [1.29, 1.82) is 0 Å². The maximum atomic E-state index is 5.93. The summed E-state index contributed by atoms with van der Waals surface area (Å²) in [6, 6.07) is 6.44. The molecule has 1 aromatic rings. The Labute approximate surface area is 109 Å². The molecule has 1 fully saturated rings. The fourth-order valence-corrected chi connectivity index (χ4v) is 2.34. The first kappa shape index (κ1) is 13.0. The van der Waals surface area contributed by atoms with Crippen molar-refractivity contribution in [3.05, 3.63) is 18.2 Å². The Bertz CT molecular complexity index is 389. The van der Waals surface area contributed by atoms with Crippen molar-refractivity contribution in [2.75, 3.05) is 37.5 Å². The Balaban J connectivity index is 2.15. The van der Waals surface area contributed by atoms with E-state index in [1.165, 1.54) is 0 Å². The molecule has 0 amide bonds. The highest BCUT2D eigenvalue weighted by atomic mass is 16.5. The van der Waals surface area contributed by atoms with E-state index < -0.39 is 0 Å². The first-order valence-electron chi connectivity index (χ1n) is 6.54. The van der Waals surface area contributed by atoms with Crippen LogP contribution in [0.2, 0.25) is 0 Å². The van der Waals surface area contributed by atoms with Gasteiger partial charge < -0.3 is 20.1 Å². The standard InChI is InChI=1S/C14H22N2O2/c1-3-18-14-9-11(15)8-13(10-14)16(2)12-4-6-17-7-5-12/h8-10,12H,3-7,15H2,1-2H3. The van der Waals surface area contributed by atoms with Gasteiger partial charge in [0.1, 0.15) is 5.75 Å². The summed E-state index contributed by atoms with van der Waals surface area (Å²) in [7, 11) is 2.11. The molecule has 1 heterocycles. The van der Waals surface area contributed by atoms with Crippen molar-refractivity contribution in [2.24, 2.45) is 0 Å². The van der Waals surface area contributed by atoms with Gasteiger partial charge in [0.15, 0.2) is 0 Å². The number of hydrogen-bond donors (Lipinski definition) is 1. The van der Waals surface area contributed by atoms with Crippen molar-refractivity contribution in [3.8, 4) is 5.75 Å². The van der Waals surface area contributed by atoms with Crippen LogP contribution in [0.25, 0.3) is 0 Å². The predicted octanol–water partition coefficient (Wildman–Crippen LogP) is 2.28. The Kier molecular flexibility index (Phi) is 4.31. The molecule has 1 saturated heterocycles. The van der Waals surface area contributed by atoms with Crippen LogP contribution >= 0.6 is 0 Å². The third kappa shape index (κ3) is 3.07. The molecule has 0 radical (unpaired) electrons. The first-order chi connectivity index (χ1) is 8.70. The Morgan fingerprint density at radius 1 is 1.33 bits per heavy atom. The minimum Gasteiger partial charge on any atom is -0.494 e. The number of nitrogen functional groups attached to an aromatic ring is 1. The number of ether oxygens (including phenoxy) is 2. The van der Waals surface area contributed by atoms with Crippen LogP contribution in [0.15, 0.2) is 18.2 Å². The van der Waals surface area contributed by atoms with Crippen LogP contribution in [0.4, 0.5) is 11.4 Å². The zero-order chi connectivity index (χ0) is 13.0. The lowest BCUT2D eigenvalue weighted by Crippen LogP contribution is -2.36. The molecule has 1 aromatic carbocycles. The van der Waals surface area contributed by atoms with Gasteiger partial charge in [0.25, 0.3) is 0 Å². The van der Waals surface area contributed by atoms with E-state index in [0.717, 1.165) is 43.2 Å². The van der Waals surface area contributed by atoms with E-state index in [2.05, 4.69) is 18.0 Å². The Hall–Kier alpha value is -1.42. The minimum absolute atomic E-state index is 0.523. The lowest BCUT2D eigenvalue weighted by Gasteiger charge is -2.33. The predicted molar refractivity (Wildman–Crippen MR) is 74.3 cm³/mol. The summed E-state index contributed by atoms with van der Waals surface area (Å²) >= 11 is 0. The first-order valence-corrected chi connectivity index (χ1v) is 6.54. The summed E-state index contributed by atoms with van der Waals surface area (Å²) in [5.41, 5.74) is 7.79. The zero-order valence-corrected chi connectivity index (χ0v) is 11.2. The average molecular weight is 250 g/mol. The van der Waals surface area contributed by atoms with Crippen LogP contribution in [0, 0.1) is 0 Å². The lowest BCUT2D eigenvalue weighted by molar-refractivity contribution is 0.0855. The summed E-state index contributed by atoms with van der Waals surface area (Å²) in [6.45, 7) is 4.32. The zero-order valence-electron chi connectivity index (χ0n) is 11.2. The Morgan fingerprint density at radius 2 is 2.06 bits per heavy atom. The van der Waals surface area contributed by atoms with Gasteiger partial charge in [-0.1, -0.05) is 0 Å². The second-order valence-corrected chi connectivity index (χ2v) is 4.65. The molecular weight excluding hydrogens is 228 g/mol. The van der Waals surface area contributed by atoms with E-state index in [1.54, 1.807) is 0 Å². The summed E-state index contributed by atoms with van der Waals surface area (Å²) in [5, 5.41) is 0. The van der Waals surface area contributed by atoms with Crippen LogP contribution < -0.4 is 15.4 Å². The van der Waals surface area contributed by atoms with Gasteiger partial charge in [0.2, 0.25) is 0 Å². The summed E-state index contributed by atoms with van der Waals surface area (Å²) < 4.78 is 10.9. The van der Waals surface area contributed by atoms with Crippen molar-refractivity contribution in [2.45, 2.75) is 25.8 Å². The third-order valence-corrected chi connectivity index (χ3v) is 3.37. The quantitative estimate of drug-likeness (QED) is 0.833. The van der Waals surface area contributed by atoms with Gasteiger partial charge in [0, 0.05) is 49.8 Å². The van der Waals surface area contributed by atoms with Gasteiger partial charge in [-0.3, -0.25) is 0 Å². The van der Waals surface area contributed by atoms with E-state index in [-0.39, 0.29) is 0 Å². The largest absolute Gasteiger partial charge is 0.494 e. The van der Waals surface area contributed by atoms with E-state index in [4.69, 9.17) is 15.2 Å². The van der Waals surface area contributed by atoms with Gasteiger partial charge in [-0.15, -0.1) is 0 Å². The number of benzene rings is 1. The topological polar surface area (TPSA) is 47.7 Å². The van der Waals surface area contributed by atoms with Gasteiger partial charge in [0.05, 0.1) is 6.61 Å². The van der Waals surface area contributed by atoms with Gasteiger partial charge >= 0.3 is 0 Å². The summed E-state index contributed by atoms with van der Waals surface area (Å²) in [4.78, 5) is 2.28. The number of nitrogens with two attached hydrogens (primary N) is 1. The van der Waals surface area contributed by atoms with E-state index >= 15 is 0 Å². The average Bonchev–Trinajstić information content (AvgIpc) is 2.38. The highest BCUT2D eigenvalue weighted by molar-refractivity contribution is 5.60.